The molecule has 0 bridgehead atoms. The Kier molecular flexibility index (Phi) is 13.5. The van der Waals surface area contributed by atoms with Crippen LogP contribution in [0.25, 0.3) is 0 Å². The first-order valence-corrected chi connectivity index (χ1v) is 9.11. The van der Waals surface area contributed by atoms with E-state index in [9.17, 15) is 5.11 Å². The maximum atomic E-state index is 9.68. The lowest BCUT2D eigenvalue weighted by Crippen LogP contribution is -2.48. The van der Waals surface area contributed by atoms with Crippen LogP contribution in [0.5, 0.6) is 0 Å². The Labute approximate surface area is 132 Å². The molecule has 0 amide bonds. The van der Waals surface area contributed by atoms with Crippen LogP contribution in [0, 0.1) is 5.92 Å². The predicted octanol–water partition coefficient (Wildman–Crippen LogP) is 4.14. The lowest BCUT2D eigenvalue weighted by Gasteiger charge is -2.32. The fourth-order valence-corrected chi connectivity index (χ4v) is 2.69. The van der Waals surface area contributed by atoms with Crippen molar-refractivity contribution in [2.45, 2.75) is 84.6 Å². The zero-order valence-electron chi connectivity index (χ0n) is 14.9. The van der Waals surface area contributed by atoms with E-state index in [-0.39, 0.29) is 12.1 Å². The molecular formula is C18H39NO2. The zero-order valence-corrected chi connectivity index (χ0v) is 14.9. The summed E-state index contributed by atoms with van der Waals surface area (Å²) in [6.07, 6.45) is 9.18. The number of hydrogen-bond acceptors (Lipinski definition) is 3. The third kappa shape index (κ3) is 9.49. The summed E-state index contributed by atoms with van der Waals surface area (Å²) in [6.45, 7) is 11.7. The summed E-state index contributed by atoms with van der Waals surface area (Å²) in [5.74, 6) is 0.719. The monoisotopic (exact) mass is 301 g/mol. The van der Waals surface area contributed by atoms with Gasteiger partial charge in [-0.3, -0.25) is 0 Å². The highest BCUT2D eigenvalue weighted by molar-refractivity contribution is 4.85. The van der Waals surface area contributed by atoms with Crippen LogP contribution >= 0.6 is 0 Å². The molecule has 2 atom stereocenters. The first kappa shape index (κ1) is 20.9. The first-order chi connectivity index (χ1) is 10.2. The zero-order chi connectivity index (χ0) is 16.0. The SMILES string of the molecule is CCCCC(CC)COCCCC(CC)(CO)NCCC. The van der Waals surface area contributed by atoms with Crippen molar-refractivity contribution in [2.75, 3.05) is 26.4 Å². The Hall–Kier alpha value is -0.120. The number of hydrogen-bond donors (Lipinski definition) is 2. The molecule has 0 spiro atoms. The van der Waals surface area contributed by atoms with Crippen LogP contribution in [0.3, 0.4) is 0 Å². The molecule has 0 aromatic heterocycles. The largest absolute Gasteiger partial charge is 0.394 e. The van der Waals surface area contributed by atoms with Crippen molar-refractivity contribution in [2.24, 2.45) is 5.92 Å². The van der Waals surface area contributed by atoms with E-state index in [1.54, 1.807) is 0 Å². The second-order valence-corrected chi connectivity index (χ2v) is 6.31. The lowest BCUT2D eigenvalue weighted by molar-refractivity contribution is 0.0774. The molecule has 21 heavy (non-hydrogen) atoms. The van der Waals surface area contributed by atoms with Crippen LogP contribution in [0.2, 0.25) is 0 Å². The first-order valence-electron chi connectivity index (χ1n) is 9.11. The Balaban J connectivity index is 3.88. The summed E-state index contributed by atoms with van der Waals surface area (Å²) in [7, 11) is 0. The molecule has 0 aromatic carbocycles. The maximum Gasteiger partial charge on any atom is 0.0613 e. The highest BCUT2D eigenvalue weighted by atomic mass is 16.5. The molecule has 0 aromatic rings. The number of aliphatic hydroxyl groups is 1. The van der Waals surface area contributed by atoms with Crippen LogP contribution in [0.4, 0.5) is 0 Å². The van der Waals surface area contributed by atoms with Gasteiger partial charge in [0.2, 0.25) is 0 Å². The highest BCUT2D eigenvalue weighted by Crippen LogP contribution is 2.18. The normalized spacial score (nSPS) is 15.9. The third-order valence-electron chi connectivity index (χ3n) is 4.57. The minimum absolute atomic E-state index is 0.105. The van der Waals surface area contributed by atoms with E-state index >= 15 is 0 Å². The van der Waals surface area contributed by atoms with E-state index in [4.69, 9.17) is 4.74 Å². The fraction of sp³-hybridized carbons (Fsp3) is 1.00. The molecule has 3 nitrogen and oxygen atoms in total. The van der Waals surface area contributed by atoms with Gasteiger partial charge < -0.3 is 15.2 Å². The van der Waals surface area contributed by atoms with Gasteiger partial charge in [-0.1, -0.05) is 47.0 Å². The van der Waals surface area contributed by atoms with Crippen LogP contribution < -0.4 is 5.32 Å². The Morgan fingerprint density at radius 3 is 2.38 bits per heavy atom. The van der Waals surface area contributed by atoms with Crippen molar-refractivity contribution in [3.63, 3.8) is 0 Å². The standard InChI is InChI=1S/C18H39NO2/c1-5-9-11-17(7-3)15-21-14-10-12-18(8-4,16-20)19-13-6-2/h17,19-20H,5-16H2,1-4H3. The summed E-state index contributed by atoms with van der Waals surface area (Å²) >= 11 is 0. The van der Waals surface area contributed by atoms with E-state index in [2.05, 4.69) is 33.0 Å². The Morgan fingerprint density at radius 2 is 1.86 bits per heavy atom. The molecule has 0 fully saturated rings. The van der Waals surface area contributed by atoms with Gasteiger partial charge in [0.05, 0.1) is 6.61 Å². The molecule has 0 aliphatic carbocycles. The van der Waals surface area contributed by atoms with Crippen molar-refractivity contribution >= 4 is 0 Å². The van der Waals surface area contributed by atoms with Crippen LogP contribution in [0.1, 0.15) is 79.1 Å². The van der Waals surface area contributed by atoms with Gasteiger partial charge in [0.15, 0.2) is 0 Å². The average molecular weight is 302 g/mol. The van der Waals surface area contributed by atoms with E-state index in [1.165, 1.54) is 25.7 Å². The van der Waals surface area contributed by atoms with Crippen LogP contribution in [-0.2, 0) is 4.74 Å². The summed E-state index contributed by atoms with van der Waals surface area (Å²) in [6, 6.07) is 0. The van der Waals surface area contributed by atoms with Gasteiger partial charge in [0, 0.05) is 18.8 Å². The lowest BCUT2D eigenvalue weighted by atomic mass is 9.91. The van der Waals surface area contributed by atoms with Crippen LogP contribution in [0.15, 0.2) is 0 Å². The van der Waals surface area contributed by atoms with Gasteiger partial charge in [-0.05, 0) is 44.6 Å². The van der Waals surface area contributed by atoms with E-state index in [0.29, 0.717) is 0 Å². The molecule has 0 radical (unpaired) electrons. The van der Waals surface area contributed by atoms with Crippen molar-refractivity contribution in [1.82, 2.24) is 5.32 Å². The summed E-state index contributed by atoms with van der Waals surface area (Å²) < 4.78 is 5.86. The van der Waals surface area contributed by atoms with E-state index < -0.39 is 0 Å². The molecule has 128 valence electrons. The number of aliphatic hydroxyl groups excluding tert-OH is 1. The fourth-order valence-electron chi connectivity index (χ4n) is 2.69. The second-order valence-electron chi connectivity index (χ2n) is 6.31. The Morgan fingerprint density at radius 1 is 1.10 bits per heavy atom. The molecule has 0 saturated carbocycles. The van der Waals surface area contributed by atoms with Gasteiger partial charge in [-0.2, -0.15) is 0 Å². The van der Waals surface area contributed by atoms with Crippen LogP contribution in [-0.4, -0.2) is 37.0 Å². The number of nitrogens with one attached hydrogen (secondary N) is 1. The molecule has 2 unspecified atom stereocenters. The molecule has 0 aliphatic rings. The number of ether oxygens (including phenoxy) is 1. The summed E-state index contributed by atoms with van der Waals surface area (Å²) in [5.41, 5.74) is -0.105. The number of unbranched alkanes of at least 4 members (excludes halogenated alkanes) is 1. The number of rotatable bonds is 15. The smallest absolute Gasteiger partial charge is 0.0613 e. The topological polar surface area (TPSA) is 41.5 Å². The van der Waals surface area contributed by atoms with E-state index in [1.807, 2.05) is 0 Å². The van der Waals surface area contributed by atoms with Crippen molar-refractivity contribution in [1.29, 1.82) is 0 Å². The van der Waals surface area contributed by atoms with Gasteiger partial charge >= 0.3 is 0 Å². The van der Waals surface area contributed by atoms with Crippen molar-refractivity contribution in [3.05, 3.63) is 0 Å². The molecule has 0 rings (SSSR count). The molecule has 0 saturated heterocycles. The average Bonchev–Trinajstić information content (AvgIpc) is 2.53. The Bertz CT molecular complexity index is 217. The quantitative estimate of drug-likeness (QED) is 0.447. The van der Waals surface area contributed by atoms with E-state index in [0.717, 1.165) is 51.4 Å². The third-order valence-corrected chi connectivity index (χ3v) is 4.57. The predicted molar refractivity (Wildman–Crippen MR) is 91.8 cm³/mol. The highest BCUT2D eigenvalue weighted by Gasteiger charge is 2.25. The molecular weight excluding hydrogens is 262 g/mol. The van der Waals surface area contributed by atoms with Crippen molar-refractivity contribution in [3.8, 4) is 0 Å². The summed E-state index contributed by atoms with van der Waals surface area (Å²) in [5, 5.41) is 13.2. The summed E-state index contributed by atoms with van der Waals surface area (Å²) in [4.78, 5) is 0. The molecule has 3 heteroatoms. The molecule has 0 aliphatic heterocycles. The molecule has 0 heterocycles. The maximum absolute atomic E-state index is 9.68. The minimum atomic E-state index is -0.105. The molecule has 2 N–H and O–H groups in total. The second kappa shape index (κ2) is 13.5. The van der Waals surface area contributed by atoms with Crippen molar-refractivity contribution < 1.29 is 9.84 Å². The van der Waals surface area contributed by atoms with Gasteiger partial charge in [-0.25, -0.2) is 0 Å². The minimum Gasteiger partial charge on any atom is -0.394 e. The van der Waals surface area contributed by atoms with Gasteiger partial charge in [0.1, 0.15) is 0 Å². The van der Waals surface area contributed by atoms with Gasteiger partial charge in [-0.15, -0.1) is 0 Å². The van der Waals surface area contributed by atoms with Gasteiger partial charge in [0.25, 0.3) is 0 Å².